The fourth-order valence-electron chi connectivity index (χ4n) is 2.23. The highest BCUT2D eigenvalue weighted by atomic mass is 32.1. The van der Waals surface area contributed by atoms with Gasteiger partial charge in [0.05, 0.1) is 11.9 Å². The average molecular weight is 359 g/mol. The number of hydrogen-bond acceptors (Lipinski definition) is 4. The Morgan fingerprint density at radius 1 is 1.08 bits per heavy atom. The molecule has 128 valence electrons. The van der Waals surface area contributed by atoms with E-state index in [4.69, 9.17) is 0 Å². The first-order valence-corrected chi connectivity index (χ1v) is 8.33. The van der Waals surface area contributed by atoms with Crippen molar-refractivity contribution in [3.05, 3.63) is 70.3 Å². The number of hydrogen-bond donors (Lipinski definition) is 0. The van der Waals surface area contributed by atoms with Gasteiger partial charge in [0.1, 0.15) is 5.75 Å². The number of benzene rings is 2. The lowest BCUT2D eigenvalue weighted by Crippen LogP contribution is -2.11. The zero-order valence-electron chi connectivity index (χ0n) is 13.3. The zero-order chi connectivity index (χ0) is 17.6. The highest BCUT2D eigenvalue weighted by Gasteiger charge is 2.09. The van der Waals surface area contributed by atoms with Crippen LogP contribution in [-0.2, 0) is 0 Å². The molecular formula is C18H15F2N3OS. The maximum Gasteiger partial charge on any atom is 0.387 e. The molecule has 0 fully saturated rings. The first-order chi connectivity index (χ1) is 12.2. The molecule has 3 rings (SSSR count). The van der Waals surface area contributed by atoms with Gasteiger partial charge in [0.15, 0.2) is 0 Å². The average Bonchev–Trinajstić information content (AvgIpc) is 3.04. The van der Waals surface area contributed by atoms with E-state index in [1.165, 1.54) is 23.5 Å². The Hall–Kier alpha value is -2.80. The van der Waals surface area contributed by atoms with Crippen LogP contribution >= 0.6 is 11.3 Å². The van der Waals surface area contributed by atoms with Gasteiger partial charge in [-0.05, 0) is 29.8 Å². The van der Waals surface area contributed by atoms with Crippen LogP contribution in [0.5, 0.6) is 5.75 Å². The minimum absolute atomic E-state index is 0.119. The molecular weight excluding hydrogens is 344 g/mol. The molecule has 0 N–H and O–H groups in total. The predicted molar refractivity (Wildman–Crippen MR) is 95.3 cm³/mol. The molecule has 4 nitrogen and oxygen atoms in total. The number of aromatic nitrogens is 1. The molecule has 0 aliphatic rings. The van der Waals surface area contributed by atoms with Gasteiger partial charge in [0.2, 0.25) is 4.80 Å². The van der Waals surface area contributed by atoms with Crippen molar-refractivity contribution in [2.75, 3.05) is 7.05 Å². The Bertz CT molecular complexity index is 915. The maximum atomic E-state index is 12.3. The second-order valence-corrected chi connectivity index (χ2v) is 5.83. The lowest BCUT2D eigenvalue weighted by Gasteiger charge is -2.06. The molecule has 0 unspecified atom stereocenters. The molecule has 7 heteroatoms. The van der Waals surface area contributed by atoms with Gasteiger partial charge in [0.25, 0.3) is 0 Å². The van der Waals surface area contributed by atoms with Gasteiger partial charge >= 0.3 is 6.61 Å². The van der Waals surface area contributed by atoms with Gasteiger partial charge in [-0.3, -0.25) is 4.99 Å². The first-order valence-electron chi connectivity index (χ1n) is 7.45. The molecule has 0 radical (unpaired) electrons. The van der Waals surface area contributed by atoms with Crippen LogP contribution in [0, 0.1) is 0 Å². The van der Waals surface area contributed by atoms with Crippen molar-refractivity contribution in [3.63, 3.8) is 0 Å². The number of ether oxygens (including phenoxy) is 1. The largest absolute Gasteiger partial charge is 0.435 e. The van der Waals surface area contributed by atoms with E-state index in [2.05, 4.69) is 14.8 Å². The van der Waals surface area contributed by atoms with Crippen LogP contribution in [0.15, 0.2) is 70.1 Å². The molecule has 0 saturated heterocycles. The van der Waals surface area contributed by atoms with E-state index in [9.17, 15) is 8.78 Å². The second-order valence-electron chi connectivity index (χ2n) is 5.00. The van der Waals surface area contributed by atoms with Gasteiger partial charge < -0.3 is 4.74 Å². The highest BCUT2D eigenvalue weighted by Crippen LogP contribution is 2.24. The van der Waals surface area contributed by atoms with Crippen LogP contribution in [-0.4, -0.2) is 24.5 Å². The summed E-state index contributed by atoms with van der Waals surface area (Å²) in [5, 5.41) is 6.44. The summed E-state index contributed by atoms with van der Waals surface area (Å²) in [6, 6.07) is 16.2. The lowest BCUT2D eigenvalue weighted by atomic mass is 10.2. The smallest absolute Gasteiger partial charge is 0.387 e. The summed E-state index contributed by atoms with van der Waals surface area (Å²) in [5.74, 6) is 0.119. The van der Waals surface area contributed by atoms with Crippen LogP contribution < -0.4 is 9.54 Å². The minimum Gasteiger partial charge on any atom is -0.435 e. The van der Waals surface area contributed by atoms with E-state index in [1.54, 1.807) is 30.1 Å². The third-order valence-electron chi connectivity index (χ3n) is 3.37. The van der Waals surface area contributed by atoms with E-state index < -0.39 is 6.61 Å². The van der Waals surface area contributed by atoms with Crippen molar-refractivity contribution in [2.24, 2.45) is 10.1 Å². The molecule has 0 atom stereocenters. The van der Waals surface area contributed by atoms with Crippen molar-refractivity contribution in [1.29, 1.82) is 0 Å². The van der Waals surface area contributed by atoms with Crippen molar-refractivity contribution in [2.45, 2.75) is 6.61 Å². The number of thiazole rings is 1. The van der Waals surface area contributed by atoms with Gasteiger partial charge in [-0.25, -0.2) is 4.68 Å². The van der Waals surface area contributed by atoms with Gasteiger partial charge in [-0.1, -0.05) is 30.3 Å². The zero-order valence-corrected chi connectivity index (χ0v) is 14.2. The quantitative estimate of drug-likeness (QED) is 0.628. The molecule has 0 saturated carbocycles. The van der Waals surface area contributed by atoms with Crippen LogP contribution in [0.2, 0.25) is 0 Å². The van der Waals surface area contributed by atoms with E-state index in [-0.39, 0.29) is 5.75 Å². The Morgan fingerprint density at radius 2 is 1.80 bits per heavy atom. The second kappa shape index (κ2) is 7.85. The van der Waals surface area contributed by atoms with E-state index >= 15 is 0 Å². The van der Waals surface area contributed by atoms with E-state index in [0.717, 1.165) is 21.6 Å². The van der Waals surface area contributed by atoms with Crippen molar-refractivity contribution in [3.8, 4) is 17.0 Å². The molecule has 3 aromatic rings. The summed E-state index contributed by atoms with van der Waals surface area (Å²) < 4.78 is 30.6. The molecule has 1 heterocycles. The van der Waals surface area contributed by atoms with Gasteiger partial charge in [-0.15, -0.1) is 11.3 Å². The Labute approximate surface area is 147 Å². The summed E-state index contributed by atoms with van der Waals surface area (Å²) in [6.07, 6.45) is 1.75. The maximum absolute atomic E-state index is 12.3. The van der Waals surface area contributed by atoms with E-state index in [1.807, 2.05) is 35.7 Å². The normalized spacial score (nSPS) is 12.2. The Balaban J connectivity index is 1.95. The number of halogens is 2. The van der Waals surface area contributed by atoms with Crippen LogP contribution in [0.4, 0.5) is 8.78 Å². The van der Waals surface area contributed by atoms with Crippen molar-refractivity contribution in [1.82, 2.24) is 4.68 Å². The number of alkyl halides is 2. The molecule has 0 spiro atoms. The standard InChI is InChI=1S/C18H15F2N3OS/c1-21-18-23(22-11-13-5-3-2-4-6-13)16(12-25-18)14-7-9-15(10-8-14)24-17(19)20/h2-12,17H,1H3/b21-18?,22-11-. The molecule has 0 aliphatic heterocycles. The molecule has 0 amide bonds. The first kappa shape index (κ1) is 17.0. The van der Waals surface area contributed by atoms with Crippen molar-refractivity contribution >= 4 is 17.6 Å². The molecule has 0 bridgehead atoms. The summed E-state index contributed by atoms with van der Waals surface area (Å²) in [7, 11) is 1.70. The predicted octanol–water partition coefficient (Wildman–Crippen LogP) is 4.23. The van der Waals surface area contributed by atoms with Crippen molar-refractivity contribution < 1.29 is 13.5 Å². The molecule has 25 heavy (non-hydrogen) atoms. The number of nitrogens with zero attached hydrogens (tertiary/aromatic N) is 3. The van der Waals surface area contributed by atoms with Crippen LogP contribution in [0.3, 0.4) is 0 Å². The summed E-state index contributed by atoms with van der Waals surface area (Å²) >= 11 is 1.45. The van der Waals surface area contributed by atoms with Gasteiger partial charge in [-0.2, -0.15) is 13.9 Å². The van der Waals surface area contributed by atoms with Crippen LogP contribution in [0.1, 0.15) is 5.56 Å². The fraction of sp³-hybridized carbons (Fsp3) is 0.111. The van der Waals surface area contributed by atoms with E-state index in [0.29, 0.717) is 0 Å². The lowest BCUT2D eigenvalue weighted by molar-refractivity contribution is -0.0498. The molecule has 0 aliphatic carbocycles. The SMILES string of the molecule is CN=c1scc(-c2ccc(OC(F)F)cc2)n1/N=C\c1ccccc1. The Kier molecular flexibility index (Phi) is 5.35. The monoisotopic (exact) mass is 359 g/mol. The molecule has 1 aromatic heterocycles. The number of rotatable bonds is 5. The summed E-state index contributed by atoms with van der Waals surface area (Å²) in [5.41, 5.74) is 2.62. The third kappa shape index (κ3) is 4.19. The summed E-state index contributed by atoms with van der Waals surface area (Å²) in [6.45, 7) is -2.84. The Morgan fingerprint density at radius 3 is 2.44 bits per heavy atom. The fourth-order valence-corrected chi connectivity index (χ4v) is 3.04. The highest BCUT2D eigenvalue weighted by molar-refractivity contribution is 7.07. The minimum atomic E-state index is -2.84. The van der Waals surface area contributed by atoms with Crippen LogP contribution in [0.25, 0.3) is 11.3 Å². The third-order valence-corrected chi connectivity index (χ3v) is 4.28. The topological polar surface area (TPSA) is 38.9 Å². The van der Waals surface area contributed by atoms with Gasteiger partial charge in [0, 0.05) is 18.0 Å². The summed E-state index contributed by atoms with van der Waals surface area (Å²) in [4.78, 5) is 4.96. The molecule has 2 aromatic carbocycles.